The smallest absolute Gasteiger partial charge is 0.224 e. The van der Waals surface area contributed by atoms with Crippen molar-refractivity contribution in [2.45, 2.75) is 33.1 Å². The molecule has 2 amide bonds. The average Bonchev–Trinajstić information content (AvgIpc) is 2.95. The Morgan fingerprint density at radius 2 is 2.00 bits per heavy atom. The lowest BCUT2D eigenvalue weighted by Crippen LogP contribution is -2.13. The van der Waals surface area contributed by atoms with E-state index >= 15 is 0 Å². The molecule has 0 aliphatic rings. The molecule has 0 aliphatic heterocycles. The fourth-order valence-electron chi connectivity index (χ4n) is 2.13. The second-order valence-electron chi connectivity index (χ2n) is 5.19. The molecule has 0 radical (unpaired) electrons. The number of benzene rings is 1. The summed E-state index contributed by atoms with van der Waals surface area (Å²) in [5, 5.41) is 7.68. The molecule has 0 fully saturated rings. The first-order valence-electron chi connectivity index (χ1n) is 7.25. The quantitative estimate of drug-likeness (QED) is 0.847. The Kier molecular flexibility index (Phi) is 5.72. The summed E-state index contributed by atoms with van der Waals surface area (Å²) in [4.78, 5) is 24.4. The van der Waals surface area contributed by atoms with Gasteiger partial charge in [0.25, 0.3) is 0 Å². The summed E-state index contributed by atoms with van der Waals surface area (Å²) < 4.78 is 0. The van der Waals surface area contributed by atoms with E-state index in [1.54, 1.807) is 17.4 Å². The monoisotopic (exact) mass is 316 g/mol. The Balaban J connectivity index is 1.88. The summed E-state index contributed by atoms with van der Waals surface area (Å²) in [5.74, 6) is -0.128. The van der Waals surface area contributed by atoms with Gasteiger partial charge >= 0.3 is 0 Å². The zero-order valence-electron chi connectivity index (χ0n) is 12.8. The molecule has 0 saturated carbocycles. The van der Waals surface area contributed by atoms with Gasteiger partial charge in [-0.3, -0.25) is 9.59 Å². The third kappa shape index (κ3) is 5.00. The number of hydrogen-bond donors (Lipinski definition) is 2. The van der Waals surface area contributed by atoms with Crippen molar-refractivity contribution >= 4 is 34.5 Å². The minimum atomic E-state index is -0.128. The van der Waals surface area contributed by atoms with E-state index in [1.807, 2.05) is 30.5 Å². The first kappa shape index (κ1) is 16.2. The molecule has 1 heterocycles. The Morgan fingerprint density at radius 3 is 2.68 bits per heavy atom. The van der Waals surface area contributed by atoms with E-state index in [0.29, 0.717) is 12.1 Å². The maximum Gasteiger partial charge on any atom is 0.224 e. The minimum Gasteiger partial charge on any atom is -0.326 e. The molecule has 2 rings (SSSR count). The molecule has 4 nitrogen and oxygen atoms in total. The van der Waals surface area contributed by atoms with Crippen LogP contribution in [0.5, 0.6) is 0 Å². The van der Waals surface area contributed by atoms with Gasteiger partial charge in [-0.15, -0.1) is 11.3 Å². The number of aryl methyl sites for hydroxylation is 2. The van der Waals surface area contributed by atoms with Gasteiger partial charge in [0, 0.05) is 29.6 Å². The van der Waals surface area contributed by atoms with E-state index in [-0.39, 0.29) is 11.8 Å². The van der Waals surface area contributed by atoms with Crippen LogP contribution in [0, 0.1) is 6.92 Å². The zero-order valence-corrected chi connectivity index (χ0v) is 13.6. The number of hydrogen-bond acceptors (Lipinski definition) is 3. The van der Waals surface area contributed by atoms with Gasteiger partial charge in [-0.2, -0.15) is 0 Å². The highest BCUT2D eigenvalue weighted by Gasteiger charge is 2.07. The van der Waals surface area contributed by atoms with E-state index in [1.165, 1.54) is 11.8 Å². The number of carbonyl (C=O) groups is 2. The van der Waals surface area contributed by atoms with Gasteiger partial charge in [0.1, 0.15) is 0 Å². The zero-order chi connectivity index (χ0) is 15.9. The predicted molar refractivity (Wildman–Crippen MR) is 91.4 cm³/mol. The van der Waals surface area contributed by atoms with Crippen LogP contribution in [-0.2, 0) is 16.0 Å². The third-order valence-electron chi connectivity index (χ3n) is 3.24. The molecule has 0 unspecified atom stereocenters. The number of rotatable bonds is 6. The van der Waals surface area contributed by atoms with Crippen molar-refractivity contribution in [3.8, 4) is 0 Å². The average molecular weight is 316 g/mol. The summed E-state index contributed by atoms with van der Waals surface area (Å²) in [6, 6.07) is 9.60. The Hall–Kier alpha value is -2.14. The molecule has 0 spiro atoms. The van der Waals surface area contributed by atoms with Crippen molar-refractivity contribution in [3.05, 3.63) is 46.2 Å². The van der Waals surface area contributed by atoms with Gasteiger partial charge in [-0.1, -0.05) is 12.1 Å². The molecule has 2 N–H and O–H groups in total. The molecule has 0 bridgehead atoms. The van der Waals surface area contributed by atoms with Gasteiger partial charge in [-0.05, 0) is 48.9 Å². The van der Waals surface area contributed by atoms with Crippen LogP contribution in [0.2, 0.25) is 0 Å². The number of amides is 2. The molecule has 0 atom stereocenters. The van der Waals surface area contributed by atoms with Crippen molar-refractivity contribution in [1.29, 1.82) is 0 Å². The van der Waals surface area contributed by atoms with Crippen molar-refractivity contribution in [3.63, 3.8) is 0 Å². The van der Waals surface area contributed by atoms with E-state index in [2.05, 4.69) is 16.7 Å². The predicted octanol–water partition coefficient (Wildman–Crippen LogP) is 3.98. The van der Waals surface area contributed by atoms with Crippen LogP contribution in [-0.4, -0.2) is 11.8 Å². The molecule has 1 aromatic heterocycles. The normalized spacial score (nSPS) is 10.3. The second kappa shape index (κ2) is 7.75. The third-order valence-corrected chi connectivity index (χ3v) is 4.18. The summed E-state index contributed by atoms with van der Waals surface area (Å²) in [6.45, 7) is 3.39. The summed E-state index contributed by atoms with van der Waals surface area (Å²) in [5.41, 5.74) is 2.40. The minimum absolute atomic E-state index is 0.000342. The molecule has 0 aliphatic carbocycles. The maximum atomic E-state index is 12.0. The lowest BCUT2D eigenvalue weighted by atomic mass is 10.1. The van der Waals surface area contributed by atoms with Crippen LogP contribution in [0.15, 0.2) is 35.7 Å². The molecule has 22 heavy (non-hydrogen) atoms. The van der Waals surface area contributed by atoms with Crippen LogP contribution in [0.3, 0.4) is 0 Å². The Morgan fingerprint density at radius 1 is 1.18 bits per heavy atom. The summed E-state index contributed by atoms with van der Waals surface area (Å²) in [6.07, 6.45) is 2.24. The fourth-order valence-corrected chi connectivity index (χ4v) is 2.88. The molecule has 0 saturated heterocycles. The van der Waals surface area contributed by atoms with Crippen molar-refractivity contribution in [2.75, 3.05) is 10.6 Å². The summed E-state index contributed by atoms with van der Waals surface area (Å²) >= 11 is 1.72. The van der Waals surface area contributed by atoms with E-state index in [4.69, 9.17) is 0 Å². The van der Waals surface area contributed by atoms with Gasteiger partial charge in [0.05, 0.1) is 0 Å². The first-order valence-corrected chi connectivity index (χ1v) is 8.13. The number of carbonyl (C=O) groups excluding carboxylic acids is 2. The molecule has 5 heteroatoms. The molecule has 1 aromatic carbocycles. The van der Waals surface area contributed by atoms with Gasteiger partial charge in [0.2, 0.25) is 11.8 Å². The largest absolute Gasteiger partial charge is 0.326 e. The van der Waals surface area contributed by atoms with E-state index < -0.39 is 0 Å². The second-order valence-corrected chi connectivity index (χ2v) is 6.22. The lowest BCUT2D eigenvalue weighted by Gasteiger charge is -2.11. The van der Waals surface area contributed by atoms with Crippen LogP contribution < -0.4 is 10.6 Å². The fraction of sp³-hybridized carbons (Fsp3) is 0.294. The highest BCUT2D eigenvalue weighted by molar-refractivity contribution is 7.09. The molecular formula is C17H20N2O2S. The van der Waals surface area contributed by atoms with Crippen LogP contribution in [0.25, 0.3) is 0 Å². The first-order chi connectivity index (χ1) is 10.5. The standard InChI is InChI=1S/C17H20N2O2S/c1-12-8-9-14(18-13(2)20)11-16(12)19-17(21)7-3-5-15-6-4-10-22-15/h4,6,8-11H,3,5,7H2,1-2H3,(H,18,20)(H,19,21). The van der Waals surface area contributed by atoms with Gasteiger partial charge in [0.15, 0.2) is 0 Å². The Bertz CT molecular complexity index is 651. The molecule has 2 aromatic rings. The van der Waals surface area contributed by atoms with Crippen molar-refractivity contribution in [1.82, 2.24) is 0 Å². The van der Waals surface area contributed by atoms with Crippen LogP contribution in [0.4, 0.5) is 11.4 Å². The summed E-state index contributed by atoms with van der Waals surface area (Å²) in [7, 11) is 0. The Labute approximate surface area is 134 Å². The highest BCUT2D eigenvalue weighted by atomic mass is 32.1. The van der Waals surface area contributed by atoms with Crippen LogP contribution >= 0.6 is 11.3 Å². The van der Waals surface area contributed by atoms with E-state index in [0.717, 1.165) is 24.1 Å². The van der Waals surface area contributed by atoms with Crippen molar-refractivity contribution < 1.29 is 9.59 Å². The topological polar surface area (TPSA) is 58.2 Å². The maximum absolute atomic E-state index is 12.0. The highest BCUT2D eigenvalue weighted by Crippen LogP contribution is 2.21. The van der Waals surface area contributed by atoms with Gasteiger partial charge in [-0.25, -0.2) is 0 Å². The molecular weight excluding hydrogens is 296 g/mol. The van der Waals surface area contributed by atoms with Crippen molar-refractivity contribution in [2.24, 2.45) is 0 Å². The number of anilines is 2. The SMILES string of the molecule is CC(=O)Nc1ccc(C)c(NC(=O)CCCc2cccs2)c1. The van der Waals surface area contributed by atoms with E-state index in [9.17, 15) is 9.59 Å². The van der Waals surface area contributed by atoms with Gasteiger partial charge < -0.3 is 10.6 Å². The lowest BCUT2D eigenvalue weighted by molar-refractivity contribution is -0.116. The molecule has 116 valence electrons. The van der Waals surface area contributed by atoms with Crippen LogP contribution in [0.1, 0.15) is 30.2 Å². The number of thiophene rings is 1. The number of nitrogens with one attached hydrogen (secondary N) is 2.